The Balaban J connectivity index is 2.46. The molecule has 0 aliphatic heterocycles. The van der Waals surface area contributed by atoms with Crippen LogP contribution in [0.2, 0.25) is 0 Å². The van der Waals surface area contributed by atoms with Gasteiger partial charge in [0.05, 0.1) is 12.7 Å². The van der Waals surface area contributed by atoms with Crippen molar-refractivity contribution < 1.29 is 9.53 Å². The summed E-state index contributed by atoms with van der Waals surface area (Å²) in [6.07, 6.45) is 0. The topological polar surface area (TPSA) is 55.6 Å². The van der Waals surface area contributed by atoms with Crippen LogP contribution in [0.4, 0.5) is 17.1 Å². The van der Waals surface area contributed by atoms with E-state index in [9.17, 15) is 4.79 Å². The minimum Gasteiger partial charge on any atom is -0.465 e. The Labute approximate surface area is 125 Å². The normalized spacial score (nSPS) is 10.2. The van der Waals surface area contributed by atoms with Gasteiger partial charge < -0.3 is 15.4 Å². The lowest BCUT2D eigenvalue weighted by Crippen LogP contribution is -2.17. The third kappa shape index (κ3) is 3.16. The maximum atomic E-state index is 11.8. The van der Waals surface area contributed by atoms with Gasteiger partial charge in [-0.15, -0.1) is 0 Å². The fourth-order valence-corrected chi connectivity index (χ4v) is 2.31. The van der Waals surface area contributed by atoms with Crippen molar-refractivity contribution in [2.75, 3.05) is 24.3 Å². The van der Waals surface area contributed by atoms with Gasteiger partial charge in [0.1, 0.15) is 0 Å². The van der Waals surface area contributed by atoms with Gasteiger partial charge >= 0.3 is 5.97 Å². The second-order valence-electron chi connectivity index (χ2n) is 4.85. The summed E-state index contributed by atoms with van der Waals surface area (Å²) in [7, 11) is 1.35. The molecular weight excluding hydrogens is 264 g/mol. The maximum Gasteiger partial charge on any atom is 0.340 e. The predicted molar refractivity (Wildman–Crippen MR) is 86.1 cm³/mol. The number of benzene rings is 2. The van der Waals surface area contributed by atoms with Crippen molar-refractivity contribution in [3.05, 3.63) is 53.6 Å². The number of rotatable bonds is 4. The molecule has 21 heavy (non-hydrogen) atoms. The first-order valence-electron chi connectivity index (χ1n) is 6.89. The summed E-state index contributed by atoms with van der Waals surface area (Å²) < 4.78 is 4.77. The van der Waals surface area contributed by atoms with Crippen molar-refractivity contribution in [3.63, 3.8) is 0 Å². The lowest BCUT2D eigenvalue weighted by Gasteiger charge is -2.24. The fourth-order valence-electron chi connectivity index (χ4n) is 2.31. The van der Waals surface area contributed by atoms with E-state index in [2.05, 4.69) is 30.9 Å². The summed E-state index contributed by atoms with van der Waals surface area (Å²) in [5, 5.41) is 0. The number of nitrogen functional groups attached to an aromatic ring is 1. The lowest BCUT2D eigenvalue weighted by atomic mass is 10.1. The molecule has 110 valence electrons. The van der Waals surface area contributed by atoms with E-state index in [1.54, 1.807) is 12.1 Å². The Morgan fingerprint density at radius 3 is 2.52 bits per heavy atom. The number of anilines is 3. The standard InChI is InChI=1S/C17H20N2O2/c1-4-19(13-7-5-6-12(2)10-13)14-8-9-16(18)15(11-14)17(20)21-3/h5-11H,4,18H2,1-3H3. The molecule has 2 N–H and O–H groups in total. The van der Waals surface area contributed by atoms with Gasteiger partial charge in [-0.1, -0.05) is 12.1 Å². The molecule has 0 aliphatic carbocycles. The summed E-state index contributed by atoms with van der Waals surface area (Å²) in [4.78, 5) is 13.9. The molecule has 0 bridgehead atoms. The SMILES string of the molecule is CCN(c1cccc(C)c1)c1ccc(N)c(C(=O)OC)c1. The van der Waals surface area contributed by atoms with Gasteiger partial charge in [-0.3, -0.25) is 0 Å². The van der Waals surface area contributed by atoms with E-state index in [0.717, 1.165) is 17.9 Å². The molecule has 0 aromatic heterocycles. The number of methoxy groups -OCH3 is 1. The Bertz CT molecular complexity index is 653. The number of nitrogens with zero attached hydrogens (tertiary/aromatic N) is 1. The van der Waals surface area contributed by atoms with E-state index in [1.807, 2.05) is 18.2 Å². The Kier molecular flexibility index (Phi) is 4.48. The van der Waals surface area contributed by atoms with E-state index in [-0.39, 0.29) is 0 Å². The third-order valence-corrected chi connectivity index (χ3v) is 3.38. The molecule has 0 radical (unpaired) electrons. The van der Waals surface area contributed by atoms with Gasteiger partial charge in [0.25, 0.3) is 0 Å². The first-order chi connectivity index (χ1) is 10.1. The van der Waals surface area contributed by atoms with Crippen LogP contribution in [0.5, 0.6) is 0 Å². The molecule has 0 atom stereocenters. The minimum atomic E-state index is -0.422. The maximum absolute atomic E-state index is 11.8. The van der Waals surface area contributed by atoms with Crippen LogP contribution in [0, 0.1) is 6.92 Å². The van der Waals surface area contributed by atoms with E-state index < -0.39 is 5.97 Å². The Morgan fingerprint density at radius 1 is 1.19 bits per heavy atom. The monoisotopic (exact) mass is 284 g/mol. The van der Waals surface area contributed by atoms with E-state index in [1.165, 1.54) is 12.7 Å². The lowest BCUT2D eigenvalue weighted by molar-refractivity contribution is 0.0602. The van der Waals surface area contributed by atoms with Crippen molar-refractivity contribution in [1.82, 2.24) is 0 Å². The first-order valence-corrected chi connectivity index (χ1v) is 6.89. The van der Waals surface area contributed by atoms with Gasteiger partial charge in [0, 0.05) is 23.6 Å². The molecule has 0 spiro atoms. The number of esters is 1. The minimum absolute atomic E-state index is 0.390. The highest BCUT2D eigenvalue weighted by Gasteiger charge is 2.14. The number of aryl methyl sites for hydroxylation is 1. The quantitative estimate of drug-likeness (QED) is 0.689. The highest BCUT2D eigenvalue weighted by molar-refractivity contribution is 5.96. The van der Waals surface area contributed by atoms with Crippen molar-refractivity contribution in [1.29, 1.82) is 0 Å². The molecule has 0 saturated carbocycles. The highest BCUT2D eigenvalue weighted by Crippen LogP contribution is 2.28. The highest BCUT2D eigenvalue weighted by atomic mass is 16.5. The molecule has 0 heterocycles. The molecule has 4 heteroatoms. The summed E-state index contributed by atoms with van der Waals surface area (Å²) in [5.41, 5.74) is 9.85. The first kappa shape index (κ1) is 14.9. The Morgan fingerprint density at radius 2 is 1.90 bits per heavy atom. The van der Waals surface area contributed by atoms with Gasteiger partial charge in [-0.2, -0.15) is 0 Å². The van der Waals surface area contributed by atoms with Crippen molar-refractivity contribution in [2.45, 2.75) is 13.8 Å². The van der Waals surface area contributed by atoms with Crippen LogP contribution >= 0.6 is 0 Å². The summed E-state index contributed by atoms with van der Waals surface area (Å²) in [5.74, 6) is -0.422. The van der Waals surface area contributed by atoms with Crippen LogP contribution in [-0.4, -0.2) is 19.6 Å². The number of hydrogen-bond acceptors (Lipinski definition) is 4. The molecular formula is C17H20N2O2. The van der Waals surface area contributed by atoms with Crippen molar-refractivity contribution in [2.24, 2.45) is 0 Å². The number of nitrogens with two attached hydrogens (primary N) is 1. The van der Waals surface area contributed by atoms with Gasteiger partial charge in [-0.05, 0) is 49.7 Å². The van der Waals surface area contributed by atoms with Crippen LogP contribution in [0.3, 0.4) is 0 Å². The van der Waals surface area contributed by atoms with Crippen molar-refractivity contribution >= 4 is 23.0 Å². The number of carbonyl (C=O) groups excluding carboxylic acids is 1. The number of carbonyl (C=O) groups is 1. The second-order valence-corrected chi connectivity index (χ2v) is 4.85. The third-order valence-electron chi connectivity index (χ3n) is 3.38. The average molecular weight is 284 g/mol. The molecule has 2 aromatic rings. The number of ether oxygens (including phenoxy) is 1. The summed E-state index contributed by atoms with van der Waals surface area (Å²) >= 11 is 0. The van der Waals surface area contributed by atoms with Crippen LogP contribution in [-0.2, 0) is 4.74 Å². The molecule has 0 amide bonds. The predicted octanol–water partition coefficient (Wildman–Crippen LogP) is 3.52. The zero-order chi connectivity index (χ0) is 15.4. The summed E-state index contributed by atoms with van der Waals surface area (Å²) in [6.45, 7) is 4.91. The molecule has 0 unspecified atom stereocenters. The van der Waals surface area contributed by atoms with Gasteiger partial charge in [-0.25, -0.2) is 4.79 Å². The number of hydrogen-bond donors (Lipinski definition) is 1. The molecule has 4 nitrogen and oxygen atoms in total. The molecule has 0 aliphatic rings. The van der Waals surface area contributed by atoms with Crippen LogP contribution in [0.15, 0.2) is 42.5 Å². The van der Waals surface area contributed by atoms with Gasteiger partial charge in [0.2, 0.25) is 0 Å². The molecule has 0 fully saturated rings. The van der Waals surface area contributed by atoms with E-state index >= 15 is 0 Å². The molecule has 2 aromatic carbocycles. The molecule has 2 rings (SSSR count). The van der Waals surface area contributed by atoms with E-state index in [0.29, 0.717) is 11.3 Å². The second kappa shape index (κ2) is 6.31. The van der Waals surface area contributed by atoms with E-state index in [4.69, 9.17) is 10.5 Å². The van der Waals surface area contributed by atoms with Crippen molar-refractivity contribution in [3.8, 4) is 0 Å². The molecule has 0 saturated heterocycles. The largest absolute Gasteiger partial charge is 0.465 e. The fraction of sp³-hybridized carbons (Fsp3) is 0.235. The zero-order valence-electron chi connectivity index (χ0n) is 12.6. The summed E-state index contributed by atoms with van der Waals surface area (Å²) in [6, 6.07) is 13.6. The van der Waals surface area contributed by atoms with Gasteiger partial charge in [0.15, 0.2) is 0 Å². The van der Waals surface area contributed by atoms with Crippen LogP contribution < -0.4 is 10.6 Å². The smallest absolute Gasteiger partial charge is 0.340 e. The Hall–Kier alpha value is -2.49. The zero-order valence-corrected chi connectivity index (χ0v) is 12.6. The average Bonchev–Trinajstić information content (AvgIpc) is 2.49. The van der Waals surface area contributed by atoms with Crippen LogP contribution in [0.25, 0.3) is 0 Å². The van der Waals surface area contributed by atoms with Crippen LogP contribution in [0.1, 0.15) is 22.8 Å².